The van der Waals surface area contributed by atoms with Gasteiger partial charge in [-0.15, -0.1) is 0 Å². The number of hydrogen-bond donors (Lipinski definition) is 3. The fourth-order valence-corrected chi connectivity index (χ4v) is 4.49. The van der Waals surface area contributed by atoms with E-state index in [1.807, 2.05) is 24.4 Å². The van der Waals surface area contributed by atoms with Crippen molar-refractivity contribution >= 4 is 29.2 Å². The van der Waals surface area contributed by atoms with Crippen molar-refractivity contribution in [2.24, 2.45) is 0 Å². The monoisotopic (exact) mass is 368 g/mol. The van der Waals surface area contributed by atoms with Crippen LogP contribution in [0.2, 0.25) is 5.02 Å². The van der Waals surface area contributed by atoms with Gasteiger partial charge in [-0.1, -0.05) is 29.8 Å². The van der Waals surface area contributed by atoms with Crippen LogP contribution in [0.3, 0.4) is 0 Å². The zero-order valence-corrected chi connectivity index (χ0v) is 15.8. The molecule has 1 aliphatic carbocycles. The van der Waals surface area contributed by atoms with Gasteiger partial charge in [0, 0.05) is 34.1 Å². The maximum Gasteiger partial charge on any atom is 0.123 e. The third kappa shape index (κ3) is 3.44. The molecule has 1 saturated heterocycles. The average Bonchev–Trinajstić information content (AvgIpc) is 2.63. The van der Waals surface area contributed by atoms with Crippen LogP contribution in [0.5, 0.6) is 0 Å². The molecule has 0 bridgehead atoms. The van der Waals surface area contributed by atoms with Gasteiger partial charge in [0.15, 0.2) is 0 Å². The standard InChI is InChI=1S/C21H25ClN4/c1-13-3-2-4-18(22)21(13)14-9-15-12-25-20(23)11-17(15)19(10-14)26-16-5-7-24-8-6-16/h2-4,9,11-12,14,16,24,26H,5-8,10,23H2,1H3. The number of piperidine rings is 1. The van der Waals surface area contributed by atoms with E-state index in [-0.39, 0.29) is 5.92 Å². The predicted octanol–water partition coefficient (Wildman–Crippen LogP) is 2.04. The number of fused-ring (bicyclic) bond motifs is 1. The summed E-state index contributed by atoms with van der Waals surface area (Å²) in [5.41, 5.74) is 9.67. The quantitative estimate of drug-likeness (QED) is 0.775. The number of hydrogen-bond acceptors (Lipinski definition) is 4. The molecule has 1 aromatic heterocycles. The Hall–Kier alpha value is -2.04. The number of nitrogens with two attached hydrogens (primary N) is 1. The van der Waals surface area contributed by atoms with Crippen molar-refractivity contribution in [1.29, 1.82) is 0 Å². The number of nitrogen functional groups attached to an aromatic ring is 1. The molecule has 5 heteroatoms. The Morgan fingerprint density at radius 3 is 2.85 bits per heavy atom. The summed E-state index contributed by atoms with van der Waals surface area (Å²) in [5, 5.41) is 10.4. The Balaban J connectivity index is 1.78. The largest absolute Gasteiger partial charge is 0.385 e. The van der Waals surface area contributed by atoms with Crippen molar-refractivity contribution in [3.63, 3.8) is 0 Å². The molecule has 2 aromatic rings. The number of nitrogens with zero attached hydrogens (tertiary/aromatic N) is 1. The second-order valence-electron chi connectivity index (χ2n) is 7.29. The van der Waals surface area contributed by atoms with Crippen molar-refractivity contribution in [3.05, 3.63) is 57.0 Å². The minimum absolute atomic E-state index is 0.242. The molecule has 2 aliphatic rings. The molecule has 1 unspecified atom stereocenters. The molecule has 0 spiro atoms. The van der Waals surface area contributed by atoms with Crippen LogP contribution in [-0.2, 0) is 0 Å². The van der Waals surface area contributed by atoms with Crippen LogP contribution in [0.25, 0.3) is 11.8 Å². The number of pyridine rings is 1. The SMILES string of the molecule is Cc1cccc(Cl)c1C1C=c2cnc(N)cc2=C(NC2CCNCC2)C1. The third-order valence-electron chi connectivity index (χ3n) is 5.45. The van der Waals surface area contributed by atoms with Crippen LogP contribution in [0.4, 0.5) is 5.82 Å². The van der Waals surface area contributed by atoms with Crippen molar-refractivity contribution in [2.45, 2.75) is 38.1 Å². The number of nitrogens with one attached hydrogen (secondary N) is 2. The molecular formula is C21H25ClN4. The highest BCUT2D eigenvalue weighted by molar-refractivity contribution is 6.31. The summed E-state index contributed by atoms with van der Waals surface area (Å²) < 4.78 is 0. The minimum Gasteiger partial charge on any atom is -0.385 e. The normalized spacial score (nSPS) is 20.4. The first kappa shape index (κ1) is 17.4. The molecule has 2 heterocycles. The van der Waals surface area contributed by atoms with Gasteiger partial charge in [-0.25, -0.2) is 4.98 Å². The lowest BCUT2D eigenvalue weighted by Crippen LogP contribution is -2.44. The third-order valence-corrected chi connectivity index (χ3v) is 5.77. The first-order valence-corrected chi connectivity index (χ1v) is 9.68. The lowest BCUT2D eigenvalue weighted by molar-refractivity contribution is 0.420. The Morgan fingerprint density at radius 2 is 2.08 bits per heavy atom. The first-order valence-electron chi connectivity index (χ1n) is 9.30. The fraction of sp³-hybridized carbons (Fsp3) is 0.381. The zero-order chi connectivity index (χ0) is 18.1. The van der Waals surface area contributed by atoms with Crippen LogP contribution in [0.15, 0.2) is 30.5 Å². The molecule has 0 amide bonds. The van der Waals surface area contributed by atoms with Gasteiger partial charge in [-0.05, 0) is 67.8 Å². The predicted molar refractivity (Wildman–Crippen MR) is 108 cm³/mol. The highest BCUT2D eigenvalue weighted by Gasteiger charge is 2.22. The van der Waals surface area contributed by atoms with E-state index < -0.39 is 0 Å². The summed E-state index contributed by atoms with van der Waals surface area (Å²) in [6, 6.07) is 8.61. The van der Waals surface area contributed by atoms with Gasteiger partial charge in [0.05, 0.1) is 0 Å². The van der Waals surface area contributed by atoms with E-state index in [1.54, 1.807) is 0 Å². The number of rotatable bonds is 3. The topological polar surface area (TPSA) is 63.0 Å². The van der Waals surface area contributed by atoms with Crippen molar-refractivity contribution in [1.82, 2.24) is 15.6 Å². The Morgan fingerprint density at radius 1 is 1.27 bits per heavy atom. The van der Waals surface area contributed by atoms with E-state index in [0.717, 1.165) is 42.6 Å². The van der Waals surface area contributed by atoms with Gasteiger partial charge >= 0.3 is 0 Å². The second-order valence-corrected chi connectivity index (χ2v) is 7.70. The number of aryl methyl sites for hydroxylation is 1. The summed E-state index contributed by atoms with van der Waals surface area (Å²) >= 11 is 6.56. The van der Waals surface area contributed by atoms with E-state index in [0.29, 0.717) is 11.9 Å². The number of halogens is 1. The second kappa shape index (κ2) is 7.29. The van der Waals surface area contributed by atoms with Gasteiger partial charge in [0.25, 0.3) is 0 Å². The number of benzene rings is 1. The molecule has 1 aliphatic heterocycles. The van der Waals surface area contributed by atoms with Crippen molar-refractivity contribution < 1.29 is 0 Å². The smallest absolute Gasteiger partial charge is 0.123 e. The molecule has 4 nitrogen and oxygen atoms in total. The summed E-state index contributed by atoms with van der Waals surface area (Å²) in [6.45, 7) is 4.26. The minimum atomic E-state index is 0.242. The van der Waals surface area contributed by atoms with Crippen LogP contribution in [-0.4, -0.2) is 24.1 Å². The molecule has 1 aromatic carbocycles. The molecule has 26 heavy (non-hydrogen) atoms. The molecule has 4 N–H and O–H groups in total. The van der Waals surface area contributed by atoms with E-state index in [9.17, 15) is 0 Å². The Bertz CT molecular complexity index is 911. The summed E-state index contributed by atoms with van der Waals surface area (Å²) in [5.74, 6) is 0.806. The first-order chi connectivity index (χ1) is 12.6. The zero-order valence-electron chi connectivity index (χ0n) is 15.1. The van der Waals surface area contributed by atoms with Gasteiger partial charge in [-0.3, -0.25) is 0 Å². The van der Waals surface area contributed by atoms with Gasteiger partial charge in [-0.2, -0.15) is 0 Å². The number of aromatic nitrogens is 1. The average molecular weight is 369 g/mol. The molecule has 1 fully saturated rings. The molecule has 0 saturated carbocycles. The highest BCUT2D eigenvalue weighted by atomic mass is 35.5. The van der Waals surface area contributed by atoms with Crippen LogP contribution >= 0.6 is 11.6 Å². The van der Waals surface area contributed by atoms with Crippen LogP contribution in [0.1, 0.15) is 36.3 Å². The van der Waals surface area contributed by atoms with Gasteiger partial charge < -0.3 is 16.4 Å². The van der Waals surface area contributed by atoms with Crippen LogP contribution in [0, 0.1) is 6.92 Å². The maximum atomic E-state index is 6.56. The van der Waals surface area contributed by atoms with Gasteiger partial charge in [0.1, 0.15) is 5.82 Å². The van der Waals surface area contributed by atoms with E-state index in [2.05, 4.69) is 34.7 Å². The number of anilines is 1. The van der Waals surface area contributed by atoms with Crippen molar-refractivity contribution in [3.8, 4) is 0 Å². The lowest BCUT2D eigenvalue weighted by Gasteiger charge is -2.29. The Labute approximate surface area is 159 Å². The molecule has 0 radical (unpaired) electrons. The molecule has 136 valence electrons. The Kier molecular flexibility index (Phi) is 4.88. The highest BCUT2D eigenvalue weighted by Crippen LogP contribution is 2.34. The maximum absolute atomic E-state index is 6.56. The molecule has 1 atom stereocenters. The summed E-state index contributed by atoms with van der Waals surface area (Å²) in [4.78, 5) is 4.31. The molecule has 4 rings (SSSR count). The summed E-state index contributed by atoms with van der Waals surface area (Å²) in [6.07, 6.45) is 7.35. The van der Waals surface area contributed by atoms with E-state index in [1.165, 1.54) is 22.0 Å². The van der Waals surface area contributed by atoms with Crippen molar-refractivity contribution in [2.75, 3.05) is 18.8 Å². The van der Waals surface area contributed by atoms with Gasteiger partial charge in [0.2, 0.25) is 0 Å². The fourth-order valence-electron chi connectivity index (χ4n) is 4.13. The molecular weight excluding hydrogens is 344 g/mol. The van der Waals surface area contributed by atoms with Crippen LogP contribution < -0.4 is 26.8 Å². The lowest BCUT2D eigenvalue weighted by atomic mass is 9.86. The van der Waals surface area contributed by atoms with E-state index >= 15 is 0 Å². The summed E-state index contributed by atoms with van der Waals surface area (Å²) in [7, 11) is 0. The van der Waals surface area contributed by atoms with E-state index in [4.69, 9.17) is 17.3 Å².